The van der Waals surface area contributed by atoms with Gasteiger partial charge in [-0.05, 0) is 17.7 Å². The van der Waals surface area contributed by atoms with E-state index in [0.717, 1.165) is 0 Å². The number of carbonyl (C=O) groups is 1. The average Bonchev–Trinajstić information content (AvgIpc) is 2.33. The predicted octanol–water partition coefficient (Wildman–Crippen LogP) is 1.24. The summed E-state index contributed by atoms with van der Waals surface area (Å²) in [7, 11) is 0. The minimum Gasteiger partial charge on any atom is -0.484 e. The molecule has 2 N–H and O–H groups in total. The summed E-state index contributed by atoms with van der Waals surface area (Å²) in [6.07, 6.45) is -4.44. The van der Waals surface area contributed by atoms with E-state index in [1.54, 1.807) is 17.4 Å². The van der Waals surface area contributed by atoms with E-state index in [1.165, 1.54) is 12.1 Å². The number of carbonyl (C=O) groups excluding carboxylic acids is 1. The van der Waals surface area contributed by atoms with Crippen molar-refractivity contribution in [2.75, 3.05) is 13.2 Å². The van der Waals surface area contributed by atoms with Crippen LogP contribution in [0.4, 0.5) is 13.2 Å². The van der Waals surface area contributed by atoms with Gasteiger partial charge in [0, 0.05) is 0 Å². The van der Waals surface area contributed by atoms with Crippen LogP contribution in [0.15, 0.2) is 24.3 Å². The number of benzene rings is 1. The van der Waals surface area contributed by atoms with Crippen molar-refractivity contribution in [3.63, 3.8) is 0 Å². The maximum absolute atomic E-state index is 11.8. The fraction of sp³-hybridized carbons (Fsp3) is 0.364. The van der Waals surface area contributed by atoms with Crippen LogP contribution in [0.5, 0.6) is 5.75 Å². The first-order valence-electron chi connectivity index (χ1n) is 5.07. The normalized spacial score (nSPS) is 11.1. The van der Waals surface area contributed by atoms with E-state index in [9.17, 15) is 18.0 Å². The Bertz CT molecular complexity index is 407. The summed E-state index contributed by atoms with van der Waals surface area (Å²) in [5, 5.41) is 10.5. The number of ether oxygens (including phenoxy) is 1. The Balaban J connectivity index is 2.38. The third-order valence-electron chi connectivity index (χ3n) is 1.94. The number of amides is 1. The van der Waals surface area contributed by atoms with Gasteiger partial charge >= 0.3 is 6.18 Å². The predicted molar refractivity (Wildman–Crippen MR) is 56.9 cm³/mol. The number of hydrogen-bond acceptors (Lipinski definition) is 3. The van der Waals surface area contributed by atoms with Crippen molar-refractivity contribution >= 4 is 5.91 Å². The zero-order chi connectivity index (χ0) is 13.6. The highest BCUT2D eigenvalue weighted by atomic mass is 19.4. The molecule has 0 bridgehead atoms. The van der Waals surface area contributed by atoms with Crippen LogP contribution in [0.1, 0.15) is 5.56 Å². The zero-order valence-electron chi connectivity index (χ0n) is 9.33. The Kier molecular flexibility index (Phi) is 4.96. The number of hydrogen-bond donors (Lipinski definition) is 2. The van der Waals surface area contributed by atoms with Crippen LogP contribution < -0.4 is 10.1 Å². The lowest BCUT2D eigenvalue weighted by Crippen LogP contribution is -2.36. The lowest BCUT2D eigenvalue weighted by molar-refractivity contribution is -0.139. The van der Waals surface area contributed by atoms with E-state index in [0.29, 0.717) is 11.3 Å². The molecule has 0 aliphatic carbocycles. The van der Waals surface area contributed by atoms with E-state index in [4.69, 9.17) is 9.84 Å². The van der Waals surface area contributed by atoms with Gasteiger partial charge in [0.15, 0.2) is 6.61 Å². The van der Waals surface area contributed by atoms with Crippen molar-refractivity contribution in [1.29, 1.82) is 0 Å². The molecule has 18 heavy (non-hydrogen) atoms. The first kappa shape index (κ1) is 14.3. The molecule has 100 valence electrons. The van der Waals surface area contributed by atoms with E-state index < -0.39 is 25.2 Å². The maximum atomic E-state index is 11.8. The molecular weight excluding hydrogens is 251 g/mol. The van der Waals surface area contributed by atoms with Gasteiger partial charge in [-0.3, -0.25) is 4.79 Å². The highest BCUT2D eigenvalue weighted by molar-refractivity contribution is 5.77. The van der Waals surface area contributed by atoms with Crippen LogP contribution in [-0.2, 0) is 11.4 Å². The van der Waals surface area contributed by atoms with E-state index in [-0.39, 0.29) is 6.61 Å². The van der Waals surface area contributed by atoms with Crippen LogP contribution in [0.2, 0.25) is 0 Å². The van der Waals surface area contributed by atoms with Crippen molar-refractivity contribution in [3.05, 3.63) is 29.8 Å². The monoisotopic (exact) mass is 263 g/mol. The summed E-state index contributed by atoms with van der Waals surface area (Å²) in [4.78, 5) is 11.0. The number of aliphatic hydroxyl groups excluding tert-OH is 1. The highest BCUT2D eigenvalue weighted by Crippen LogP contribution is 2.14. The SMILES string of the molecule is O=C(COc1cccc(CO)c1)NCC(F)(F)F. The standard InChI is InChI=1S/C11H12F3NO3/c12-11(13,14)7-15-10(17)6-18-9-3-1-2-8(4-9)5-16/h1-4,16H,5-7H2,(H,15,17). The number of alkyl halides is 3. The maximum Gasteiger partial charge on any atom is 0.405 e. The van der Waals surface area contributed by atoms with Crippen LogP contribution in [0.3, 0.4) is 0 Å². The Morgan fingerprint density at radius 2 is 2.11 bits per heavy atom. The summed E-state index contributed by atoms with van der Waals surface area (Å²) < 4.78 is 40.4. The van der Waals surface area contributed by atoms with Gasteiger partial charge in [-0.15, -0.1) is 0 Å². The quantitative estimate of drug-likeness (QED) is 0.840. The van der Waals surface area contributed by atoms with E-state index in [1.807, 2.05) is 0 Å². The van der Waals surface area contributed by atoms with Gasteiger partial charge in [0.25, 0.3) is 5.91 Å². The van der Waals surface area contributed by atoms with Gasteiger partial charge in [0.2, 0.25) is 0 Å². The Morgan fingerprint density at radius 1 is 1.39 bits per heavy atom. The largest absolute Gasteiger partial charge is 0.484 e. The number of halogens is 3. The Hall–Kier alpha value is -1.76. The van der Waals surface area contributed by atoms with Crippen LogP contribution >= 0.6 is 0 Å². The van der Waals surface area contributed by atoms with Crippen LogP contribution in [-0.4, -0.2) is 30.3 Å². The minimum atomic E-state index is -4.44. The third kappa shape index (κ3) is 5.53. The molecule has 0 radical (unpaired) electrons. The van der Waals surface area contributed by atoms with Gasteiger partial charge in [0.05, 0.1) is 6.61 Å². The molecule has 0 aromatic heterocycles. The number of aliphatic hydroxyl groups is 1. The third-order valence-corrected chi connectivity index (χ3v) is 1.94. The molecule has 0 aliphatic rings. The van der Waals surface area contributed by atoms with Gasteiger partial charge in [-0.1, -0.05) is 12.1 Å². The molecule has 0 aliphatic heterocycles. The topological polar surface area (TPSA) is 58.6 Å². The molecule has 1 rings (SSSR count). The van der Waals surface area contributed by atoms with Crippen molar-refractivity contribution in [2.24, 2.45) is 0 Å². The van der Waals surface area contributed by atoms with Crippen molar-refractivity contribution in [3.8, 4) is 5.75 Å². The highest BCUT2D eigenvalue weighted by Gasteiger charge is 2.27. The molecule has 0 saturated heterocycles. The van der Waals surface area contributed by atoms with Gasteiger partial charge < -0.3 is 15.2 Å². The van der Waals surface area contributed by atoms with Gasteiger partial charge in [0.1, 0.15) is 12.3 Å². The second-order valence-electron chi connectivity index (χ2n) is 3.49. The molecule has 7 heteroatoms. The Morgan fingerprint density at radius 3 is 2.72 bits per heavy atom. The fourth-order valence-electron chi connectivity index (χ4n) is 1.13. The molecular formula is C11H12F3NO3. The van der Waals surface area contributed by atoms with Crippen molar-refractivity contribution in [2.45, 2.75) is 12.8 Å². The smallest absolute Gasteiger partial charge is 0.405 e. The van der Waals surface area contributed by atoms with Crippen molar-refractivity contribution in [1.82, 2.24) is 5.32 Å². The molecule has 1 amide bonds. The fourth-order valence-corrected chi connectivity index (χ4v) is 1.13. The second kappa shape index (κ2) is 6.25. The first-order valence-corrected chi connectivity index (χ1v) is 5.07. The average molecular weight is 263 g/mol. The summed E-state index contributed by atoms with van der Waals surface area (Å²) in [6.45, 7) is -2.08. The molecule has 0 atom stereocenters. The molecule has 1 aromatic carbocycles. The second-order valence-corrected chi connectivity index (χ2v) is 3.49. The minimum absolute atomic E-state index is 0.183. The molecule has 0 heterocycles. The lowest BCUT2D eigenvalue weighted by Gasteiger charge is -2.09. The molecule has 0 saturated carbocycles. The van der Waals surface area contributed by atoms with Crippen molar-refractivity contribution < 1.29 is 27.8 Å². The van der Waals surface area contributed by atoms with E-state index >= 15 is 0 Å². The zero-order valence-corrected chi connectivity index (χ0v) is 9.33. The van der Waals surface area contributed by atoms with Crippen LogP contribution in [0.25, 0.3) is 0 Å². The molecule has 0 spiro atoms. The van der Waals surface area contributed by atoms with Gasteiger partial charge in [-0.2, -0.15) is 13.2 Å². The number of nitrogens with one attached hydrogen (secondary N) is 1. The number of rotatable bonds is 5. The summed E-state index contributed by atoms with van der Waals surface area (Å²) in [6, 6.07) is 6.29. The first-order chi connectivity index (χ1) is 8.40. The van der Waals surface area contributed by atoms with Gasteiger partial charge in [-0.25, -0.2) is 0 Å². The lowest BCUT2D eigenvalue weighted by atomic mass is 10.2. The molecule has 0 unspecified atom stereocenters. The summed E-state index contributed by atoms with van der Waals surface area (Å²) in [5.41, 5.74) is 0.586. The summed E-state index contributed by atoms with van der Waals surface area (Å²) >= 11 is 0. The Labute approximate surface area is 101 Å². The molecule has 0 fully saturated rings. The molecule has 4 nitrogen and oxygen atoms in total. The molecule has 1 aromatic rings. The summed E-state index contributed by atoms with van der Waals surface area (Å²) in [5.74, 6) is -0.551. The van der Waals surface area contributed by atoms with E-state index in [2.05, 4.69) is 0 Å². The van der Waals surface area contributed by atoms with Crippen LogP contribution in [0, 0.1) is 0 Å².